The van der Waals surface area contributed by atoms with Gasteiger partial charge in [0.1, 0.15) is 18.1 Å². The Kier molecular flexibility index (Phi) is 5.60. The minimum Gasteiger partial charge on any atom is -0.497 e. The zero-order chi connectivity index (χ0) is 15.8. The van der Waals surface area contributed by atoms with Gasteiger partial charge in [0.15, 0.2) is 0 Å². The van der Waals surface area contributed by atoms with E-state index < -0.39 is 5.97 Å². The summed E-state index contributed by atoms with van der Waals surface area (Å²) < 4.78 is 15.6. The van der Waals surface area contributed by atoms with E-state index in [1.54, 1.807) is 32.4 Å². The van der Waals surface area contributed by atoms with Crippen LogP contribution in [-0.4, -0.2) is 20.2 Å². The van der Waals surface area contributed by atoms with Crippen LogP contribution in [0.2, 0.25) is 0 Å². The van der Waals surface area contributed by atoms with Crippen LogP contribution in [0.4, 0.5) is 0 Å². The predicted octanol–water partition coefficient (Wildman–Crippen LogP) is 3.46. The van der Waals surface area contributed by atoms with Crippen molar-refractivity contribution >= 4 is 12.0 Å². The minimum atomic E-state index is -0.401. The molecule has 0 aromatic heterocycles. The summed E-state index contributed by atoms with van der Waals surface area (Å²) in [5, 5.41) is 0. The average Bonchev–Trinajstić information content (AvgIpc) is 2.58. The Morgan fingerprint density at radius 2 is 1.82 bits per heavy atom. The zero-order valence-corrected chi connectivity index (χ0v) is 12.6. The van der Waals surface area contributed by atoms with Crippen LogP contribution in [0.1, 0.15) is 11.1 Å². The fraction of sp³-hybridized carbons (Fsp3) is 0.167. The largest absolute Gasteiger partial charge is 0.497 e. The molecule has 2 aromatic carbocycles. The summed E-state index contributed by atoms with van der Waals surface area (Å²) in [6.45, 7) is 0.254. The summed E-state index contributed by atoms with van der Waals surface area (Å²) in [6, 6.07) is 14.9. The van der Waals surface area contributed by atoms with Crippen molar-refractivity contribution in [3.05, 3.63) is 65.7 Å². The standard InChI is InChI=1S/C18H18O4/c1-20-16-10-8-15(17(12-16)21-2)9-11-18(19)22-13-14-6-4-3-5-7-14/h3-12H,13H2,1-2H3/b11-9+. The number of carbonyl (C=O) groups excluding carboxylic acids is 1. The number of carbonyl (C=O) groups is 1. The highest BCUT2D eigenvalue weighted by Gasteiger charge is 2.03. The van der Waals surface area contributed by atoms with Crippen molar-refractivity contribution in [1.29, 1.82) is 0 Å². The van der Waals surface area contributed by atoms with Crippen LogP contribution in [0.15, 0.2) is 54.6 Å². The summed E-state index contributed by atoms with van der Waals surface area (Å²) in [7, 11) is 3.16. The molecule has 114 valence electrons. The van der Waals surface area contributed by atoms with Crippen molar-refractivity contribution in [3.8, 4) is 11.5 Å². The highest BCUT2D eigenvalue weighted by molar-refractivity contribution is 5.87. The molecular formula is C18H18O4. The van der Waals surface area contributed by atoms with Gasteiger partial charge in [-0.15, -0.1) is 0 Å². The van der Waals surface area contributed by atoms with E-state index in [1.807, 2.05) is 36.4 Å². The molecule has 4 heteroatoms. The quantitative estimate of drug-likeness (QED) is 0.605. The van der Waals surface area contributed by atoms with Gasteiger partial charge in [0, 0.05) is 17.7 Å². The summed E-state index contributed by atoms with van der Waals surface area (Å²) in [6.07, 6.45) is 3.04. The molecule has 2 aromatic rings. The van der Waals surface area contributed by atoms with Crippen LogP contribution in [0.25, 0.3) is 6.08 Å². The normalized spacial score (nSPS) is 10.5. The monoisotopic (exact) mass is 298 g/mol. The van der Waals surface area contributed by atoms with Gasteiger partial charge in [0.2, 0.25) is 0 Å². The van der Waals surface area contributed by atoms with Crippen LogP contribution in [0.3, 0.4) is 0 Å². The van der Waals surface area contributed by atoms with E-state index in [2.05, 4.69) is 0 Å². The van der Waals surface area contributed by atoms with Gasteiger partial charge in [0.05, 0.1) is 14.2 Å². The van der Waals surface area contributed by atoms with E-state index in [4.69, 9.17) is 14.2 Å². The molecule has 0 heterocycles. The van der Waals surface area contributed by atoms with E-state index in [9.17, 15) is 4.79 Å². The summed E-state index contributed by atoms with van der Waals surface area (Å²) >= 11 is 0. The molecule has 0 amide bonds. The number of hydrogen-bond acceptors (Lipinski definition) is 4. The topological polar surface area (TPSA) is 44.8 Å². The van der Waals surface area contributed by atoms with Gasteiger partial charge in [-0.1, -0.05) is 30.3 Å². The molecule has 0 N–H and O–H groups in total. The van der Waals surface area contributed by atoms with Crippen LogP contribution >= 0.6 is 0 Å². The molecule has 2 rings (SSSR count). The fourth-order valence-corrected chi connectivity index (χ4v) is 1.89. The molecule has 0 unspecified atom stereocenters. The predicted molar refractivity (Wildman–Crippen MR) is 84.8 cm³/mol. The molecule has 0 spiro atoms. The van der Waals surface area contributed by atoms with Gasteiger partial charge < -0.3 is 14.2 Å². The molecule has 0 atom stereocenters. The van der Waals surface area contributed by atoms with Crippen LogP contribution < -0.4 is 9.47 Å². The molecule has 0 saturated heterocycles. The lowest BCUT2D eigenvalue weighted by molar-refractivity contribution is -0.138. The fourth-order valence-electron chi connectivity index (χ4n) is 1.89. The van der Waals surface area contributed by atoms with Crippen LogP contribution in [0, 0.1) is 0 Å². The summed E-state index contributed by atoms with van der Waals surface area (Å²) in [5.41, 5.74) is 1.73. The Balaban J connectivity index is 1.97. The summed E-state index contributed by atoms with van der Waals surface area (Å²) in [5.74, 6) is 0.925. The Bertz CT molecular complexity index is 647. The summed E-state index contributed by atoms with van der Waals surface area (Å²) in [4.78, 5) is 11.7. The molecule has 22 heavy (non-hydrogen) atoms. The Morgan fingerprint density at radius 3 is 2.50 bits per heavy atom. The lowest BCUT2D eigenvalue weighted by Gasteiger charge is -2.07. The Hall–Kier alpha value is -2.75. The van der Waals surface area contributed by atoms with E-state index in [0.29, 0.717) is 11.5 Å². The number of methoxy groups -OCH3 is 2. The van der Waals surface area contributed by atoms with Crippen LogP contribution in [0.5, 0.6) is 11.5 Å². The van der Waals surface area contributed by atoms with Gasteiger partial charge in [-0.25, -0.2) is 4.79 Å². The Labute approximate surface area is 129 Å². The van der Waals surface area contributed by atoms with Gasteiger partial charge in [-0.05, 0) is 23.8 Å². The molecule has 4 nitrogen and oxygen atoms in total. The maximum absolute atomic E-state index is 11.7. The number of hydrogen-bond donors (Lipinski definition) is 0. The smallest absolute Gasteiger partial charge is 0.331 e. The molecule has 0 aliphatic heterocycles. The van der Waals surface area contributed by atoms with E-state index in [-0.39, 0.29) is 6.61 Å². The second-order valence-corrected chi connectivity index (χ2v) is 4.53. The first-order valence-electron chi connectivity index (χ1n) is 6.83. The van der Waals surface area contributed by atoms with Crippen molar-refractivity contribution in [2.45, 2.75) is 6.61 Å². The number of ether oxygens (including phenoxy) is 3. The highest BCUT2D eigenvalue weighted by atomic mass is 16.5. The molecule has 0 saturated carbocycles. The van der Waals surface area contributed by atoms with Crippen molar-refractivity contribution in [2.24, 2.45) is 0 Å². The van der Waals surface area contributed by atoms with E-state index in [0.717, 1.165) is 11.1 Å². The van der Waals surface area contributed by atoms with Gasteiger partial charge in [-0.2, -0.15) is 0 Å². The van der Waals surface area contributed by atoms with Crippen molar-refractivity contribution in [1.82, 2.24) is 0 Å². The van der Waals surface area contributed by atoms with Crippen molar-refractivity contribution in [3.63, 3.8) is 0 Å². The van der Waals surface area contributed by atoms with Gasteiger partial charge >= 0.3 is 5.97 Å². The average molecular weight is 298 g/mol. The molecule has 0 bridgehead atoms. The molecule has 0 radical (unpaired) electrons. The van der Waals surface area contributed by atoms with Gasteiger partial charge in [-0.3, -0.25) is 0 Å². The number of rotatable bonds is 6. The lowest BCUT2D eigenvalue weighted by atomic mass is 10.1. The molecule has 0 aliphatic carbocycles. The van der Waals surface area contributed by atoms with E-state index >= 15 is 0 Å². The highest BCUT2D eigenvalue weighted by Crippen LogP contribution is 2.25. The third kappa shape index (κ3) is 4.38. The number of benzene rings is 2. The van der Waals surface area contributed by atoms with Gasteiger partial charge in [0.25, 0.3) is 0 Å². The van der Waals surface area contributed by atoms with Crippen molar-refractivity contribution in [2.75, 3.05) is 14.2 Å². The first-order chi connectivity index (χ1) is 10.7. The third-order valence-corrected chi connectivity index (χ3v) is 3.06. The molecule has 0 fully saturated rings. The van der Waals surface area contributed by atoms with E-state index in [1.165, 1.54) is 6.08 Å². The second-order valence-electron chi connectivity index (χ2n) is 4.53. The molecule has 0 aliphatic rings. The zero-order valence-electron chi connectivity index (χ0n) is 12.6. The first-order valence-corrected chi connectivity index (χ1v) is 6.83. The Morgan fingerprint density at radius 1 is 1.05 bits per heavy atom. The van der Waals surface area contributed by atoms with Crippen molar-refractivity contribution < 1.29 is 19.0 Å². The molecular weight excluding hydrogens is 280 g/mol. The maximum Gasteiger partial charge on any atom is 0.331 e. The first kappa shape index (κ1) is 15.6. The number of esters is 1. The maximum atomic E-state index is 11.7. The van der Waals surface area contributed by atoms with Crippen LogP contribution in [-0.2, 0) is 16.1 Å². The second kappa shape index (κ2) is 7.88. The minimum absolute atomic E-state index is 0.254. The SMILES string of the molecule is COc1ccc(/C=C/C(=O)OCc2ccccc2)c(OC)c1. The lowest BCUT2D eigenvalue weighted by Crippen LogP contribution is -2.00. The third-order valence-electron chi connectivity index (χ3n) is 3.06.